The fraction of sp³-hybridized carbons (Fsp3) is 0.474. The maximum atomic E-state index is 11.2. The zero-order chi connectivity index (χ0) is 18.5. The second-order valence-electron chi connectivity index (χ2n) is 6.38. The van der Waals surface area contributed by atoms with Gasteiger partial charge < -0.3 is 9.30 Å². The molecular formula is C19H23N3O3S. The zero-order valence-electron chi connectivity index (χ0n) is 14.9. The van der Waals surface area contributed by atoms with Gasteiger partial charge in [0.2, 0.25) is 0 Å². The zero-order valence-corrected chi connectivity index (χ0v) is 15.8. The smallest absolute Gasteiger partial charge is 0.270 e. The molecule has 138 valence electrons. The number of fused-ring (bicyclic) bond motifs is 1. The first-order valence-electron chi connectivity index (χ1n) is 9.07. The van der Waals surface area contributed by atoms with Crippen molar-refractivity contribution in [2.24, 2.45) is 0 Å². The fourth-order valence-electron chi connectivity index (χ4n) is 3.46. The second kappa shape index (κ2) is 8.51. The van der Waals surface area contributed by atoms with E-state index in [-0.39, 0.29) is 10.6 Å². The third kappa shape index (κ3) is 3.99. The Bertz CT molecular complexity index is 864. The number of ether oxygens (including phenoxy) is 1. The number of non-ortho nitro benzene ring substituents is 1. The number of nitrogens with zero attached hydrogens (tertiary/aromatic N) is 3. The SMILES string of the molecule is CCOCCCn1c(-c2cccc([N+](=O)[O-])c2)nc(=S)c2c1CCCC2. The minimum absolute atomic E-state index is 0.0637. The lowest BCUT2D eigenvalue weighted by Gasteiger charge is -2.24. The predicted molar refractivity (Wildman–Crippen MR) is 103 cm³/mol. The van der Waals surface area contributed by atoms with E-state index in [0.29, 0.717) is 17.9 Å². The molecule has 0 spiro atoms. The quantitative estimate of drug-likeness (QED) is 0.309. The highest BCUT2D eigenvalue weighted by Crippen LogP contribution is 2.29. The minimum Gasteiger partial charge on any atom is -0.382 e. The average Bonchev–Trinajstić information content (AvgIpc) is 2.66. The Morgan fingerprint density at radius 2 is 2.15 bits per heavy atom. The van der Waals surface area contributed by atoms with Crippen molar-refractivity contribution in [2.75, 3.05) is 13.2 Å². The summed E-state index contributed by atoms with van der Waals surface area (Å²) in [5, 5.41) is 11.2. The van der Waals surface area contributed by atoms with Gasteiger partial charge in [-0.25, -0.2) is 4.98 Å². The van der Waals surface area contributed by atoms with Crippen molar-refractivity contribution in [1.29, 1.82) is 0 Å². The van der Waals surface area contributed by atoms with Gasteiger partial charge in [-0.2, -0.15) is 0 Å². The number of hydrogen-bond acceptors (Lipinski definition) is 5. The van der Waals surface area contributed by atoms with Crippen molar-refractivity contribution in [1.82, 2.24) is 9.55 Å². The van der Waals surface area contributed by atoms with E-state index in [1.165, 1.54) is 11.8 Å². The van der Waals surface area contributed by atoms with E-state index < -0.39 is 0 Å². The molecule has 0 atom stereocenters. The number of aromatic nitrogens is 2. The lowest BCUT2D eigenvalue weighted by Crippen LogP contribution is -2.19. The van der Waals surface area contributed by atoms with E-state index in [9.17, 15) is 10.1 Å². The van der Waals surface area contributed by atoms with E-state index in [0.717, 1.165) is 55.6 Å². The first-order valence-corrected chi connectivity index (χ1v) is 9.47. The van der Waals surface area contributed by atoms with Gasteiger partial charge in [-0.15, -0.1) is 0 Å². The summed E-state index contributed by atoms with van der Waals surface area (Å²) >= 11 is 5.54. The van der Waals surface area contributed by atoms with Crippen LogP contribution in [0, 0.1) is 14.8 Å². The van der Waals surface area contributed by atoms with Gasteiger partial charge in [0.1, 0.15) is 10.5 Å². The van der Waals surface area contributed by atoms with Gasteiger partial charge in [-0.1, -0.05) is 24.4 Å². The van der Waals surface area contributed by atoms with Crippen LogP contribution in [0.15, 0.2) is 24.3 Å². The minimum atomic E-state index is -0.379. The van der Waals surface area contributed by atoms with Crippen LogP contribution >= 0.6 is 12.2 Å². The molecule has 6 nitrogen and oxygen atoms in total. The van der Waals surface area contributed by atoms with Gasteiger partial charge >= 0.3 is 0 Å². The van der Waals surface area contributed by atoms with Crippen molar-refractivity contribution >= 4 is 17.9 Å². The Morgan fingerprint density at radius 3 is 2.92 bits per heavy atom. The first-order chi connectivity index (χ1) is 12.6. The molecule has 0 saturated heterocycles. The first kappa shape index (κ1) is 18.7. The molecule has 1 aliphatic carbocycles. The lowest BCUT2D eigenvalue weighted by atomic mass is 9.96. The number of hydrogen-bond donors (Lipinski definition) is 0. The molecule has 26 heavy (non-hydrogen) atoms. The summed E-state index contributed by atoms with van der Waals surface area (Å²) in [5.41, 5.74) is 3.19. The van der Waals surface area contributed by atoms with Gasteiger partial charge in [-0.05, 0) is 39.0 Å². The van der Waals surface area contributed by atoms with E-state index in [4.69, 9.17) is 17.0 Å². The van der Waals surface area contributed by atoms with Crippen LogP contribution < -0.4 is 0 Å². The van der Waals surface area contributed by atoms with Crippen LogP contribution in [0.3, 0.4) is 0 Å². The number of nitro groups is 1. The molecule has 1 aliphatic rings. The highest BCUT2D eigenvalue weighted by Gasteiger charge is 2.20. The second-order valence-corrected chi connectivity index (χ2v) is 6.77. The Balaban J connectivity index is 2.08. The van der Waals surface area contributed by atoms with Gasteiger partial charge in [0.25, 0.3) is 5.69 Å². The van der Waals surface area contributed by atoms with Crippen molar-refractivity contribution in [3.8, 4) is 11.4 Å². The monoisotopic (exact) mass is 373 g/mol. The molecule has 2 aromatic rings. The summed E-state index contributed by atoms with van der Waals surface area (Å²) in [5.74, 6) is 0.718. The molecule has 1 heterocycles. The summed E-state index contributed by atoms with van der Waals surface area (Å²) < 4.78 is 8.30. The topological polar surface area (TPSA) is 70.2 Å². The van der Waals surface area contributed by atoms with E-state index in [1.807, 2.05) is 13.0 Å². The third-order valence-electron chi connectivity index (χ3n) is 4.68. The Kier molecular flexibility index (Phi) is 6.11. The van der Waals surface area contributed by atoms with Crippen LogP contribution in [0.2, 0.25) is 0 Å². The molecule has 0 saturated carbocycles. The Morgan fingerprint density at radius 1 is 1.35 bits per heavy atom. The summed E-state index contributed by atoms with van der Waals surface area (Å²) in [6.07, 6.45) is 5.06. The van der Waals surface area contributed by atoms with Gasteiger partial charge in [0.05, 0.1) is 4.92 Å². The van der Waals surface area contributed by atoms with E-state index in [1.54, 1.807) is 12.1 Å². The summed E-state index contributed by atoms with van der Waals surface area (Å²) in [7, 11) is 0. The Hall–Kier alpha value is -2.12. The Labute approximate surface area is 158 Å². The number of rotatable bonds is 7. The van der Waals surface area contributed by atoms with Gasteiger partial charge in [-0.3, -0.25) is 10.1 Å². The van der Waals surface area contributed by atoms with E-state index in [2.05, 4.69) is 9.55 Å². The third-order valence-corrected chi connectivity index (χ3v) is 5.01. The average molecular weight is 373 g/mol. The largest absolute Gasteiger partial charge is 0.382 e. The molecule has 1 aromatic heterocycles. The van der Waals surface area contributed by atoms with E-state index >= 15 is 0 Å². The standard InChI is InChI=1S/C19H23N3O3S/c1-2-25-12-6-11-21-17-10-4-3-9-16(17)19(26)20-18(21)14-7-5-8-15(13-14)22(23)24/h5,7-8,13H,2-4,6,9-12H2,1H3. The molecule has 7 heteroatoms. The molecular weight excluding hydrogens is 350 g/mol. The maximum Gasteiger partial charge on any atom is 0.270 e. The summed E-state index contributed by atoms with van der Waals surface area (Å²) in [4.78, 5) is 15.4. The molecule has 0 bridgehead atoms. The molecule has 0 unspecified atom stereocenters. The van der Waals surface area contributed by atoms with Gasteiger partial charge in [0.15, 0.2) is 0 Å². The summed E-state index contributed by atoms with van der Waals surface area (Å²) in [6.45, 7) is 4.13. The van der Waals surface area contributed by atoms with Crippen molar-refractivity contribution in [3.63, 3.8) is 0 Å². The molecule has 0 amide bonds. The maximum absolute atomic E-state index is 11.2. The van der Waals surface area contributed by atoms with Crippen LogP contribution in [0.4, 0.5) is 5.69 Å². The molecule has 0 radical (unpaired) electrons. The van der Waals surface area contributed by atoms with Gasteiger partial charge in [0, 0.05) is 48.7 Å². The highest BCUT2D eigenvalue weighted by atomic mass is 32.1. The predicted octanol–water partition coefficient (Wildman–Crippen LogP) is 4.49. The van der Waals surface area contributed by atoms with Crippen LogP contribution in [0.25, 0.3) is 11.4 Å². The number of nitro benzene ring substituents is 1. The van der Waals surface area contributed by atoms with Crippen LogP contribution in [-0.4, -0.2) is 27.7 Å². The lowest BCUT2D eigenvalue weighted by molar-refractivity contribution is -0.384. The fourth-order valence-corrected chi connectivity index (χ4v) is 3.76. The molecule has 3 rings (SSSR count). The molecule has 1 aromatic carbocycles. The normalized spacial score (nSPS) is 13.4. The van der Waals surface area contributed by atoms with Crippen molar-refractivity contribution < 1.29 is 9.66 Å². The van der Waals surface area contributed by atoms with Crippen LogP contribution in [0.5, 0.6) is 0 Å². The molecule has 0 aliphatic heterocycles. The van der Waals surface area contributed by atoms with Crippen LogP contribution in [0.1, 0.15) is 37.4 Å². The highest BCUT2D eigenvalue weighted by molar-refractivity contribution is 7.71. The molecule has 0 fully saturated rings. The van der Waals surface area contributed by atoms with Crippen molar-refractivity contribution in [3.05, 3.63) is 50.3 Å². The summed E-state index contributed by atoms with van der Waals surface area (Å²) in [6, 6.07) is 6.63. The van der Waals surface area contributed by atoms with Crippen LogP contribution in [-0.2, 0) is 24.1 Å². The number of benzene rings is 1. The van der Waals surface area contributed by atoms with Crippen molar-refractivity contribution in [2.45, 2.75) is 45.6 Å². The molecule has 0 N–H and O–H groups in total.